The van der Waals surface area contributed by atoms with Crippen LogP contribution < -0.4 is 5.32 Å². The Kier molecular flexibility index (Phi) is 5.96. The summed E-state index contributed by atoms with van der Waals surface area (Å²) in [6.07, 6.45) is 1.05. The van der Waals surface area contributed by atoms with Gasteiger partial charge in [0.05, 0.1) is 0 Å². The molecule has 1 N–H and O–H groups in total. The van der Waals surface area contributed by atoms with Gasteiger partial charge in [-0.15, -0.1) is 0 Å². The maximum atomic E-state index is 5.83. The topological polar surface area (TPSA) is 41.0 Å². The van der Waals surface area contributed by atoms with Gasteiger partial charge in [-0.1, -0.05) is 30.3 Å². The molecule has 0 spiro atoms. The third-order valence-corrected chi connectivity index (χ3v) is 3.31. The fourth-order valence-corrected chi connectivity index (χ4v) is 2.39. The van der Waals surface area contributed by atoms with Crippen molar-refractivity contribution in [1.82, 2.24) is 14.9 Å². The lowest BCUT2D eigenvalue weighted by molar-refractivity contribution is 0.325. The molecule has 4 nitrogen and oxygen atoms in total. The largest absolute Gasteiger partial charge is 0.370 e. The molecule has 0 saturated heterocycles. The van der Waals surface area contributed by atoms with E-state index in [1.54, 1.807) is 0 Å². The molecule has 112 valence electrons. The first-order valence-electron chi connectivity index (χ1n) is 7.11. The van der Waals surface area contributed by atoms with Crippen LogP contribution in [-0.2, 0) is 6.54 Å². The zero-order valence-electron chi connectivity index (χ0n) is 12.5. The molecule has 0 aliphatic carbocycles. The summed E-state index contributed by atoms with van der Waals surface area (Å²) in [5, 5.41) is 3.57. The van der Waals surface area contributed by atoms with Gasteiger partial charge in [0.15, 0.2) is 0 Å². The summed E-state index contributed by atoms with van der Waals surface area (Å²) in [6.45, 7) is 4.78. The smallest absolute Gasteiger partial charge is 0.224 e. The van der Waals surface area contributed by atoms with Crippen LogP contribution in [0.5, 0.6) is 0 Å². The number of nitrogens with zero attached hydrogens (tertiary/aromatic N) is 3. The molecule has 1 heterocycles. The van der Waals surface area contributed by atoms with Crippen molar-refractivity contribution < 1.29 is 0 Å². The Morgan fingerprint density at radius 3 is 2.67 bits per heavy atom. The molecule has 0 atom stereocenters. The summed E-state index contributed by atoms with van der Waals surface area (Å²) in [4.78, 5) is 10.5. The van der Waals surface area contributed by atoms with Crippen LogP contribution >= 0.6 is 11.6 Å². The Bertz CT molecular complexity index is 539. The number of anilines is 1. The molecule has 21 heavy (non-hydrogen) atoms. The van der Waals surface area contributed by atoms with Gasteiger partial charge in [-0.25, -0.2) is 9.97 Å². The molecule has 0 bridgehead atoms. The first-order chi connectivity index (χ1) is 10.1. The quantitative estimate of drug-likeness (QED) is 0.629. The van der Waals surface area contributed by atoms with Crippen LogP contribution in [0.3, 0.4) is 0 Å². The number of aryl methyl sites for hydroxylation is 1. The molecule has 0 radical (unpaired) electrons. The minimum Gasteiger partial charge on any atom is -0.370 e. The Balaban J connectivity index is 1.69. The SMILES string of the molecule is Cc1cc(NCCCN(C)Cc2ccccc2)nc(Cl)n1. The van der Waals surface area contributed by atoms with E-state index in [0.29, 0.717) is 5.28 Å². The summed E-state index contributed by atoms with van der Waals surface area (Å²) in [5.41, 5.74) is 2.21. The summed E-state index contributed by atoms with van der Waals surface area (Å²) in [7, 11) is 2.14. The fourth-order valence-electron chi connectivity index (χ4n) is 2.16. The van der Waals surface area contributed by atoms with Gasteiger partial charge in [-0.3, -0.25) is 0 Å². The van der Waals surface area contributed by atoms with Crippen LogP contribution in [0.15, 0.2) is 36.4 Å². The predicted molar refractivity (Wildman–Crippen MR) is 87.7 cm³/mol. The fraction of sp³-hybridized carbons (Fsp3) is 0.375. The second kappa shape index (κ2) is 7.96. The molecule has 0 aliphatic heterocycles. The maximum Gasteiger partial charge on any atom is 0.224 e. The number of aromatic nitrogens is 2. The van der Waals surface area contributed by atoms with Crippen molar-refractivity contribution >= 4 is 17.4 Å². The highest BCUT2D eigenvalue weighted by Gasteiger charge is 2.01. The number of halogens is 1. The van der Waals surface area contributed by atoms with Crippen molar-refractivity contribution in [2.45, 2.75) is 19.9 Å². The molecule has 0 saturated carbocycles. The van der Waals surface area contributed by atoms with Crippen molar-refractivity contribution in [1.29, 1.82) is 0 Å². The second-order valence-corrected chi connectivity index (χ2v) is 5.51. The minimum atomic E-state index is 0.290. The summed E-state index contributed by atoms with van der Waals surface area (Å²) in [6, 6.07) is 12.4. The van der Waals surface area contributed by atoms with Crippen LogP contribution in [0.2, 0.25) is 5.28 Å². The average molecular weight is 305 g/mol. The molecule has 1 aromatic heterocycles. The van der Waals surface area contributed by atoms with E-state index in [0.717, 1.165) is 37.6 Å². The molecule has 0 unspecified atom stereocenters. The van der Waals surface area contributed by atoms with Gasteiger partial charge in [0.1, 0.15) is 5.82 Å². The molecule has 1 aromatic carbocycles. The molecule has 0 aliphatic rings. The zero-order chi connectivity index (χ0) is 15.1. The Hall–Kier alpha value is -1.65. The van der Waals surface area contributed by atoms with E-state index in [1.807, 2.05) is 19.1 Å². The van der Waals surface area contributed by atoms with Crippen molar-refractivity contribution in [3.05, 3.63) is 52.9 Å². The van der Waals surface area contributed by atoms with Gasteiger partial charge in [-0.05, 0) is 44.1 Å². The molecular formula is C16H21ClN4. The Labute approximate surface area is 131 Å². The lowest BCUT2D eigenvalue weighted by Gasteiger charge is -2.16. The highest BCUT2D eigenvalue weighted by Crippen LogP contribution is 2.09. The minimum absolute atomic E-state index is 0.290. The average Bonchev–Trinajstić information content (AvgIpc) is 2.44. The number of rotatable bonds is 7. The number of hydrogen-bond acceptors (Lipinski definition) is 4. The lowest BCUT2D eigenvalue weighted by Crippen LogP contribution is -2.21. The monoisotopic (exact) mass is 304 g/mol. The first kappa shape index (κ1) is 15.7. The lowest BCUT2D eigenvalue weighted by atomic mass is 10.2. The molecule has 0 amide bonds. The summed E-state index contributed by atoms with van der Waals surface area (Å²) >= 11 is 5.83. The zero-order valence-corrected chi connectivity index (χ0v) is 13.3. The van der Waals surface area contributed by atoms with Crippen LogP contribution in [0, 0.1) is 6.92 Å². The van der Waals surface area contributed by atoms with Crippen molar-refractivity contribution in [2.75, 3.05) is 25.5 Å². The number of benzene rings is 1. The summed E-state index contributed by atoms with van der Waals surface area (Å²) in [5.74, 6) is 0.790. The third-order valence-electron chi connectivity index (χ3n) is 3.14. The molecule has 2 aromatic rings. The van der Waals surface area contributed by atoms with Crippen LogP contribution in [0.25, 0.3) is 0 Å². The second-order valence-electron chi connectivity index (χ2n) is 5.17. The highest BCUT2D eigenvalue weighted by atomic mass is 35.5. The third kappa shape index (κ3) is 5.69. The van der Waals surface area contributed by atoms with Gasteiger partial charge in [0.25, 0.3) is 0 Å². The van der Waals surface area contributed by atoms with Gasteiger partial charge < -0.3 is 10.2 Å². The predicted octanol–water partition coefficient (Wildman–Crippen LogP) is 3.37. The molecule has 0 fully saturated rings. The van der Waals surface area contributed by atoms with E-state index in [9.17, 15) is 0 Å². The van der Waals surface area contributed by atoms with Gasteiger partial charge in [0, 0.05) is 24.8 Å². The molecule has 5 heteroatoms. The highest BCUT2D eigenvalue weighted by molar-refractivity contribution is 6.28. The van der Waals surface area contributed by atoms with Gasteiger partial charge in [0.2, 0.25) is 5.28 Å². The van der Waals surface area contributed by atoms with E-state index >= 15 is 0 Å². The number of hydrogen-bond donors (Lipinski definition) is 1. The summed E-state index contributed by atoms with van der Waals surface area (Å²) < 4.78 is 0. The van der Waals surface area contributed by atoms with E-state index in [1.165, 1.54) is 5.56 Å². The normalized spacial score (nSPS) is 10.9. The first-order valence-corrected chi connectivity index (χ1v) is 7.49. The Morgan fingerprint density at radius 1 is 1.19 bits per heavy atom. The Morgan fingerprint density at radius 2 is 1.95 bits per heavy atom. The van der Waals surface area contributed by atoms with E-state index in [-0.39, 0.29) is 0 Å². The number of nitrogens with one attached hydrogen (secondary N) is 1. The van der Waals surface area contributed by atoms with Crippen LogP contribution in [-0.4, -0.2) is 35.0 Å². The van der Waals surface area contributed by atoms with Crippen LogP contribution in [0.4, 0.5) is 5.82 Å². The standard InChI is InChI=1S/C16H21ClN4/c1-13-11-15(20-16(17)19-13)18-9-6-10-21(2)12-14-7-4-3-5-8-14/h3-5,7-8,11H,6,9-10,12H2,1-2H3,(H,18,19,20). The van der Waals surface area contributed by atoms with Crippen molar-refractivity contribution in [3.8, 4) is 0 Å². The molecular weight excluding hydrogens is 284 g/mol. The van der Waals surface area contributed by atoms with E-state index in [4.69, 9.17) is 11.6 Å². The van der Waals surface area contributed by atoms with Gasteiger partial charge in [-0.2, -0.15) is 0 Å². The van der Waals surface area contributed by atoms with Crippen molar-refractivity contribution in [2.24, 2.45) is 0 Å². The van der Waals surface area contributed by atoms with Gasteiger partial charge >= 0.3 is 0 Å². The van der Waals surface area contributed by atoms with E-state index < -0.39 is 0 Å². The van der Waals surface area contributed by atoms with Crippen molar-refractivity contribution in [3.63, 3.8) is 0 Å². The van der Waals surface area contributed by atoms with Crippen LogP contribution in [0.1, 0.15) is 17.7 Å². The van der Waals surface area contributed by atoms with E-state index in [2.05, 4.69) is 51.5 Å². The maximum absolute atomic E-state index is 5.83. The molecule has 2 rings (SSSR count).